The van der Waals surface area contributed by atoms with Gasteiger partial charge < -0.3 is 10.8 Å². The first kappa shape index (κ1) is 16.3. The predicted molar refractivity (Wildman–Crippen MR) is 69.3 cm³/mol. The lowest BCUT2D eigenvalue weighted by Crippen LogP contribution is -2.37. The van der Waals surface area contributed by atoms with Crippen molar-refractivity contribution in [2.24, 2.45) is 5.73 Å². The van der Waals surface area contributed by atoms with E-state index in [9.17, 15) is 18.3 Å². The maximum absolute atomic E-state index is 12.6. The summed E-state index contributed by atoms with van der Waals surface area (Å²) in [7, 11) is 0. The van der Waals surface area contributed by atoms with Gasteiger partial charge in [0.2, 0.25) is 0 Å². The molecule has 0 bridgehead atoms. The van der Waals surface area contributed by atoms with Crippen LogP contribution in [0.25, 0.3) is 0 Å². The first-order chi connectivity index (χ1) is 8.34. The van der Waals surface area contributed by atoms with Gasteiger partial charge >= 0.3 is 6.18 Å². The zero-order chi connectivity index (χ0) is 13.4. The summed E-state index contributed by atoms with van der Waals surface area (Å²) in [6, 6.07) is 3.81. The molecule has 1 aliphatic rings. The lowest BCUT2D eigenvalue weighted by atomic mass is 9.94. The Hall–Kier alpha value is -0.780. The van der Waals surface area contributed by atoms with Crippen LogP contribution in [0.2, 0.25) is 0 Å². The number of aliphatic hydroxyl groups is 1. The number of hydrogen-bond donors (Lipinski definition) is 2. The monoisotopic (exact) mass is 295 g/mol. The molecule has 1 aromatic rings. The minimum atomic E-state index is -4.31. The van der Waals surface area contributed by atoms with E-state index in [1.165, 1.54) is 12.1 Å². The molecule has 0 saturated heterocycles. The summed E-state index contributed by atoms with van der Waals surface area (Å²) in [5, 5.41) is 10.1. The number of alkyl halides is 3. The van der Waals surface area contributed by atoms with Crippen molar-refractivity contribution in [2.45, 2.75) is 37.5 Å². The van der Waals surface area contributed by atoms with Crippen LogP contribution in [0.4, 0.5) is 13.2 Å². The van der Waals surface area contributed by atoms with Crippen molar-refractivity contribution < 1.29 is 18.3 Å². The number of nitrogens with two attached hydrogens (primary N) is 1. The van der Waals surface area contributed by atoms with Gasteiger partial charge in [-0.2, -0.15) is 13.2 Å². The lowest BCUT2D eigenvalue weighted by molar-refractivity contribution is -0.137. The zero-order valence-electron chi connectivity index (χ0n) is 10.3. The average Bonchev–Trinajstić information content (AvgIpc) is 2.49. The number of halogens is 4. The summed E-state index contributed by atoms with van der Waals surface area (Å²) in [5.74, 6) is 0. The van der Waals surface area contributed by atoms with E-state index in [4.69, 9.17) is 5.73 Å². The highest BCUT2D eigenvalue weighted by atomic mass is 35.5. The number of hydrogen-bond acceptors (Lipinski definition) is 2. The molecule has 1 aliphatic carbocycles. The molecular weight excluding hydrogens is 279 g/mol. The summed E-state index contributed by atoms with van der Waals surface area (Å²) in [4.78, 5) is 0. The molecule has 0 spiro atoms. The van der Waals surface area contributed by atoms with E-state index in [0.717, 1.165) is 11.6 Å². The molecule has 0 radical (unpaired) electrons. The molecule has 1 aromatic carbocycles. The minimum Gasteiger partial charge on any atom is -0.389 e. The van der Waals surface area contributed by atoms with Crippen molar-refractivity contribution in [3.63, 3.8) is 0 Å². The van der Waals surface area contributed by atoms with Gasteiger partial charge in [0.1, 0.15) is 0 Å². The molecule has 0 aromatic heterocycles. The van der Waals surface area contributed by atoms with Gasteiger partial charge in [-0.25, -0.2) is 0 Å². The molecule has 6 heteroatoms. The van der Waals surface area contributed by atoms with Crippen LogP contribution < -0.4 is 5.73 Å². The van der Waals surface area contributed by atoms with Gasteiger partial charge in [0.25, 0.3) is 0 Å². The predicted octanol–water partition coefficient (Wildman–Crippen LogP) is 2.70. The quantitative estimate of drug-likeness (QED) is 0.783. The topological polar surface area (TPSA) is 46.2 Å². The van der Waals surface area contributed by atoms with Crippen molar-refractivity contribution in [1.82, 2.24) is 0 Å². The van der Waals surface area contributed by atoms with Crippen molar-refractivity contribution in [3.8, 4) is 0 Å². The Bertz CT molecular complexity index is 450. The highest BCUT2D eigenvalue weighted by Crippen LogP contribution is 2.33. The maximum Gasteiger partial charge on any atom is 0.416 e. The SMILES string of the molecule is Cl.NCC1(O)CCc2ccc(C(F)(F)F)cc2CC1. The number of benzene rings is 1. The third-order valence-corrected chi connectivity index (χ3v) is 3.63. The van der Waals surface area contributed by atoms with Crippen LogP contribution in [-0.4, -0.2) is 17.3 Å². The van der Waals surface area contributed by atoms with Crippen LogP contribution in [0.15, 0.2) is 18.2 Å². The van der Waals surface area contributed by atoms with Crippen LogP contribution >= 0.6 is 12.4 Å². The highest BCUT2D eigenvalue weighted by Gasteiger charge is 2.33. The van der Waals surface area contributed by atoms with Gasteiger partial charge in [-0.15, -0.1) is 12.4 Å². The van der Waals surface area contributed by atoms with Gasteiger partial charge in [-0.1, -0.05) is 6.07 Å². The third kappa shape index (κ3) is 3.61. The second-order valence-corrected chi connectivity index (χ2v) is 4.91. The molecule has 0 fully saturated rings. The van der Waals surface area contributed by atoms with E-state index in [-0.39, 0.29) is 19.0 Å². The molecule has 3 N–H and O–H groups in total. The van der Waals surface area contributed by atoms with E-state index >= 15 is 0 Å². The Labute approximate surface area is 116 Å². The van der Waals surface area contributed by atoms with Gasteiger partial charge in [-0.3, -0.25) is 0 Å². The van der Waals surface area contributed by atoms with Crippen LogP contribution in [0.3, 0.4) is 0 Å². The van der Waals surface area contributed by atoms with Crippen LogP contribution in [0.1, 0.15) is 29.5 Å². The van der Waals surface area contributed by atoms with E-state index in [1.54, 1.807) is 0 Å². The van der Waals surface area contributed by atoms with E-state index < -0.39 is 17.3 Å². The van der Waals surface area contributed by atoms with Crippen molar-refractivity contribution in [3.05, 3.63) is 34.9 Å². The molecule has 19 heavy (non-hydrogen) atoms. The van der Waals surface area contributed by atoms with E-state index in [1.807, 2.05) is 0 Å². The number of fused-ring (bicyclic) bond motifs is 1. The molecule has 1 atom stereocenters. The zero-order valence-corrected chi connectivity index (χ0v) is 11.2. The second-order valence-electron chi connectivity index (χ2n) is 4.91. The molecule has 0 saturated carbocycles. The fraction of sp³-hybridized carbons (Fsp3) is 0.538. The Kier molecular flexibility index (Phi) is 4.87. The van der Waals surface area contributed by atoms with E-state index in [0.29, 0.717) is 31.2 Å². The average molecular weight is 296 g/mol. The normalized spacial score (nSPS) is 23.2. The van der Waals surface area contributed by atoms with Crippen LogP contribution in [0, 0.1) is 0 Å². The smallest absolute Gasteiger partial charge is 0.389 e. The first-order valence-corrected chi connectivity index (χ1v) is 5.95. The molecule has 0 heterocycles. The van der Waals surface area contributed by atoms with Gasteiger partial charge in [0, 0.05) is 6.54 Å². The number of rotatable bonds is 1. The van der Waals surface area contributed by atoms with Crippen molar-refractivity contribution in [1.29, 1.82) is 0 Å². The standard InChI is InChI=1S/C13H16F3NO.ClH/c14-13(15,16)11-2-1-9-3-5-12(18,8-17)6-4-10(9)7-11;/h1-2,7,18H,3-6,8,17H2;1H. The Morgan fingerprint density at radius 1 is 1.16 bits per heavy atom. The molecule has 2 rings (SSSR count). The number of aryl methyl sites for hydroxylation is 2. The molecule has 0 amide bonds. The fourth-order valence-electron chi connectivity index (χ4n) is 2.34. The molecule has 108 valence electrons. The molecule has 0 aliphatic heterocycles. The Morgan fingerprint density at radius 2 is 1.74 bits per heavy atom. The summed E-state index contributed by atoms with van der Waals surface area (Å²) in [6.45, 7) is 0.146. The van der Waals surface area contributed by atoms with Crippen molar-refractivity contribution in [2.75, 3.05) is 6.54 Å². The molecular formula is C13H17ClF3NO. The van der Waals surface area contributed by atoms with Crippen LogP contribution in [-0.2, 0) is 19.0 Å². The lowest BCUT2D eigenvalue weighted by Gasteiger charge is -2.23. The summed E-state index contributed by atoms with van der Waals surface area (Å²) >= 11 is 0. The first-order valence-electron chi connectivity index (χ1n) is 5.95. The van der Waals surface area contributed by atoms with E-state index in [2.05, 4.69) is 0 Å². The summed E-state index contributed by atoms with van der Waals surface area (Å²) in [6.07, 6.45) is -2.39. The molecule has 2 nitrogen and oxygen atoms in total. The largest absolute Gasteiger partial charge is 0.416 e. The molecule has 1 unspecified atom stereocenters. The Morgan fingerprint density at radius 3 is 2.26 bits per heavy atom. The third-order valence-electron chi connectivity index (χ3n) is 3.63. The van der Waals surface area contributed by atoms with Crippen LogP contribution in [0.5, 0.6) is 0 Å². The maximum atomic E-state index is 12.6. The van der Waals surface area contributed by atoms with Gasteiger partial charge in [-0.05, 0) is 48.9 Å². The van der Waals surface area contributed by atoms with Gasteiger partial charge in [0.05, 0.1) is 11.2 Å². The van der Waals surface area contributed by atoms with Gasteiger partial charge in [0.15, 0.2) is 0 Å². The summed E-state index contributed by atoms with van der Waals surface area (Å²) in [5.41, 5.74) is 5.50. The van der Waals surface area contributed by atoms with Crippen molar-refractivity contribution >= 4 is 12.4 Å². The fourth-order valence-corrected chi connectivity index (χ4v) is 2.34. The Balaban J connectivity index is 0.00000180. The summed E-state index contributed by atoms with van der Waals surface area (Å²) < 4.78 is 37.8. The minimum absolute atomic E-state index is 0. The second kappa shape index (κ2) is 5.69. The highest BCUT2D eigenvalue weighted by molar-refractivity contribution is 5.85.